The van der Waals surface area contributed by atoms with Crippen LogP contribution in [-0.4, -0.2) is 58.6 Å². The number of hydrogen-bond donors (Lipinski definition) is 2. The highest BCUT2D eigenvalue weighted by Crippen LogP contribution is 2.40. The molecule has 0 saturated carbocycles. The van der Waals surface area contributed by atoms with Crippen LogP contribution in [0.1, 0.15) is 43.7 Å². The number of ether oxygens (including phenoxy) is 3. The Kier molecular flexibility index (Phi) is 9.03. The van der Waals surface area contributed by atoms with Gasteiger partial charge in [0.2, 0.25) is 0 Å². The van der Waals surface area contributed by atoms with Crippen LogP contribution < -0.4 is 15.4 Å². The van der Waals surface area contributed by atoms with E-state index in [2.05, 4.69) is 47.7 Å². The van der Waals surface area contributed by atoms with Crippen LogP contribution >= 0.6 is 24.0 Å². The van der Waals surface area contributed by atoms with Crippen LogP contribution in [0.15, 0.2) is 23.2 Å². The molecule has 7 heteroatoms. The molecule has 0 bridgehead atoms. The topological polar surface area (TPSA) is 64.1 Å². The number of nitrogens with one attached hydrogen (secondary N) is 2. The van der Waals surface area contributed by atoms with E-state index < -0.39 is 0 Å². The molecule has 2 saturated heterocycles. The van der Waals surface area contributed by atoms with Gasteiger partial charge >= 0.3 is 0 Å². The molecule has 6 nitrogen and oxygen atoms in total. The third-order valence-corrected chi connectivity index (χ3v) is 6.12. The van der Waals surface area contributed by atoms with Gasteiger partial charge in [0.25, 0.3) is 0 Å². The summed E-state index contributed by atoms with van der Waals surface area (Å²) in [7, 11) is 3.56. The van der Waals surface area contributed by atoms with Crippen LogP contribution in [0.3, 0.4) is 0 Å². The zero-order valence-corrected chi connectivity index (χ0v) is 20.5. The van der Waals surface area contributed by atoms with E-state index in [1.54, 1.807) is 7.11 Å². The molecule has 164 valence electrons. The number of nitrogens with zero attached hydrogens (tertiary/aromatic N) is 1. The molecule has 2 fully saturated rings. The second-order valence-corrected chi connectivity index (χ2v) is 8.28. The smallest absolute Gasteiger partial charge is 0.191 e. The zero-order chi connectivity index (χ0) is 20.0. The molecule has 2 heterocycles. The first-order chi connectivity index (χ1) is 13.5. The molecule has 3 rings (SSSR count). The summed E-state index contributed by atoms with van der Waals surface area (Å²) in [6.45, 7) is 8.21. The SMILES string of the molecule is CN=C(NCC1(C)CCCO1)NCC1(c2cc(C)ccc2OC)CCOCC1.I. The van der Waals surface area contributed by atoms with Crippen molar-refractivity contribution in [1.82, 2.24) is 10.6 Å². The molecular weight excluding hydrogens is 481 g/mol. The molecule has 0 aliphatic carbocycles. The first kappa shape index (κ1) is 24.2. The second-order valence-electron chi connectivity index (χ2n) is 8.28. The van der Waals surface area contributed by atoms with Crippen LogP contribution in [0.25, 0.3) is 0 Å². The summed E-state index contributed by atoms with van der Waals surface area (Å²) in [5.41, 5.74) is 2.36. The maximum absolute atomic E-state index is 5.88. The van der Waals surface area contributed by atoms with Gasteiger partial charge in [0, 0.05) is 50.9 Å². The third-order valence-electron chi connectivity index (χ3n) is 6.12. The number of rotatable bonds is 6. The van der Waals surface area contributed by atoms with E-state index in [9.17, 15) is 0 Å². The summed E-state index contributed by atoms with van der Waals surface area (Å²) in [5, 5.41) is 7.01. The lowest BCUT2D eigenvalue weighted by Gasteiger charge is -2.39. The van der Waals surface area contributed by atoms with E-state index in [1.165, 1.54) is 11.1 Å². The standard InChI is InChI=1S/C22H35N3O3.HI/c1-17-6-7-19(26-4)18(14-17)22(9-12-27-13-10-22)16-25-20(23-3)24-15-21(2)8-5-11-28-21;/h6-7,14H,5,8-13,15-16H2,1-4H3,(H2,23,24,25);1H. The molecule has 2 aliphatic heterocycles. The van der Waals surface area contributed by atoms with Gasteiger partial charge in [-0.15, -0.1) is 24.0 Å². The van der Waals surface area contributed by atoms with E-state index in [4.69, 9.17) is 14.2 Å². The Morgan fingerprint density at radius 2 is 1.86 bits per heavy atom. The van der Waals surface area contributed by atoms with Gasteiger partial charge < -0.3 is 24.8 Å². The Balaban J connectivity index is 0.00000300. The molecule has 0 aromatic heterocycles. The minimum atomic E-state index is -0.103. The summed E-state index contributed by atoms with van der Waals surface area (Å²) in [6, 6.07) is 6.44. The van der Waals surface area contributed by atoms with Crippen molar-refractivity contribution in [3.8, 4) is 5.75 Å². The van der Waals surface area contributed by atoms with E-state index in [0.29, 0.717) is 0 Å². The maximum atomic E-state index is 5.88. The largest absolute Gasteiger partial charge is 0.496 e. The van der Waals surface area contributed by atoms with Crippen molar-refractivity contribution < 1.29 is 14.2 Å². The van der Waals surface area contributed by atoms with Gasteiger partial charge in [-0.3, -0.25) is 4.99 Å². The molecular formula is C22H36IN3O3. The number of halogens is 1. The minimum Gasteiger partial charge on any atom is -0.496 e. The molecule has 2 aliphatic rings. The Labute approximate surface area is 192 Å². The van der Waals surface area contributed by atoms with Crippen molar-refractivity contribution in [2.75, 3.05) is 47.1 Å². The first-order valence-corrected chi connectivity index (χ1v) is 10.3. The fourth-order valence-electron chi connectivity index (χ4n) is 4.26. The lowest BCUT2D eigenvalue weighted by Crippen LogP contribution is -2.50. The summed E-state index contributed by atoms with van der Waals surface area (Å²) >= 11 is 0. The van der Waals surface area contributed by atoms with Crippen molar-refractivity contribution in [2.45, 2.75) is 50.5 Å². The highest BCUT2D eigenvalue weighted by Gasteiger charge is 2.37. The predicted molar refractivity (Wildman–Crippen MR) is 128 cm³/mol. The lowest BCUT2D eigenvalue weighted by atomic mass is 9.73. The van der Waals surface area contributed by atoms with Gasteiger partial charge in [-0.2, -0.15) is 0 Å². The quantitative estimate of drug-likeness (QED) is 0.344. The first-order valence-electron chi connectivity index (χ1n) is 10.3. The van der Waals surface area contributed by atoms with Crippen LogP contribution in [-0.2, 0) is 14.9 Å². The van der Waals surface area contributed by atoms with Crippen molar-refractivity contribution in [3.63, 3.8) is 0 Å². The monoisotopic (exact) mass is 517 g/mol. The number of guanidine groups is 1. The second kappa shape index (κ2) is 10.8. The van der Waals surface area contributed by atoms with Gasteiger partial charge in [-0.05, 0) is 45.6 Å². The van der Waals surface area contributed by atoms with Crippen LogP contribution in [0.4, 0.5) is 0 Å². The Bertz CT molecular complexity index is 684. The molecule has 2 N–H and O–H groups in total. The van der Waals surface area contributed by atoms with Crippen molar-refractivity contribution in [1.29, 1.82) is 0 Å². The molecule has 1 aromatic rings. The summed E-state index contributed by atoms with van der Waals surface area (Å²) in [6.07, 6.45) is 4.12. The summed E-state index contributed by atoms with van der Waals surface area (Å²) in [5.74, 6) is 1.76. The fourth-order valence-corrected chi connectivity index (χ4v) is 4.26. The highest BCUT2D eigenvalue weighted by molar-refractivity contribution is 14.0. The number of hydrogen-bond acceptors (Lipinski definition) is 4. The lowest BCUT2D eigenvalue weighted by molar-refractivity contribution is 0.0242. The van der Waals surface area contributed by atoms with Crippen molar-refractivity contribution in [3.05, 3.63) is 29.3 Å². The van der Waals surface area contributed by atoms with E-state index in [1.807, 2.05) is 7.05 Å². The molecule has 0 amide bonds. The van der Waals surface area contributed by atoms with Gasteiger partial charge in [0.05, 0.1) is 12.7 Å². The molecule has 0 spiro atoms. The average molecular weight is 517 g/mol. The molecule has 1 unspecified atom stereocenters. The van der Waals surface area contributed by atoms with Crippen molar-refractivity contribution in [2.24, 2.45) is 4.99 Å². The average Bonchev–Trinajstić information content (AvgIpc) is 3.15. The molecule has 29 heavy (non-hydrogen) atoms. The fraction of sp³-hybridized carbons (Fsp3) is 0.682. The van der Waals surface area contributed by atoms with Gasteiger partial charge in [0.1, 0.15) is 5.75 Å². The van der Waals surface area contributed by atoms with E-state index in [-0.39, 0.29) is 35.0 Å². The van der Waals surface area contributed by atoms with Crippen LogP contribution in [0.5, 0.6) is 5.75 Å². The van der Waals surface area contributed by atoms with Gasteiger partial charge in [-0.1, -0.05) is 17.7 Å². The van der Waals surface area contributed by atoms with E-state index >= 15 is 0 Å². The van der Waals surface area contributed by atoms with Gasteiger partial charge in [0.15, 0.2) is 5.96 Å². The van der Waals surface area contributed by atoms with Crippen LogP contribution in [0, 0.1) is 6.92 Å². The van der Waals surface area contributed by atoms with E-state index in [0.717, 1.165) is 70.3 Å². The summed E-state index contributed by atoms with van der Waals surface area (Å²) < 4.78 is 17.3. The third kappa shape index (κ3) is 5.98. The Hall–Kier alpha value is -1.06. The van der Waals surface area contributed by atoms with Crippen molar-refractivity contribution >= 4 is 29.9 Å². The molecule has 0 radical (unpaired) electrons. The van der Waals surface area contributed by atoms with Crippen LogP contribution in [0.2, 0.25) is 0 Å². The Morgan fingerprint density at radius 3 is 2.48 bits per heavy atom. The van der Waals surface area contributed by atoms with Gasteiger partial charge in [-0.25, -0.2) is 0 Å². The molecule has 1 aromatic carbocycles. The number of aliphatic imine (C=N–C) groups is 1. The number of aryl methyl sites for hydroxylation is 1. The number of methoxy groups -OCH3 is 1. The zero-order valence-electron chi connectivity index (χ0n) is 18.2. The highest BCUT2D eigenvalue weighted by atomic mass is 127. The normalized spacial score (nSPS) is 23.9. The summed E-state index contributed by atoms with van der Waals surface area (Å²) in [4.78, 5) is 4.43. The minimum absolute atomic E-state index is 0. The Morgan fingerprint density at radius 1 is 1.14 bits per heavy atom. The maximum Gasteiger partial charge on any atom is 0.191 e. The number of benzene rings is 1. The molecule has 1 atom stereocenters. The predicted octanol–water partition coefficient (Wildman–Crippen LogP) is 3.40.